The lowest BCUT2D eigenvalue weighted by Crippen LogP contribution is -2.23. The molecule has 1 amide bonds. The van der Waals surface area contributed by atoms with Gasteiger partial charge in [-0.05, 0) is 11.4 Å². The molecule has 1 N–H and O–H groups in total. The average molecular weight is 199 g/mol. The summed E-state index contributed by atoms with van der Waals surface area (Å²) in [5.41, 5.74) is 0. The van der Waals surface area contributed by atoms with Gasteiger partial charge in [-0.25, -0.2) is 0 Å². The van der Waals surface area contributed by atoms with Crippen molar-refractivity contribution in [2.45, 2.75) is 12.5 Å². The maximum Gasteiger partial charge on any atom is 0.225 e. The summed E-state index contributed by atoms with van der Waals surface area (Å²) in [4.78, 5) is 13.5. The summed E-state index contributed by atoms with van der Waals surface area (Å²) >= 11 is 1.46. The minimum atomic E-state index is -0.658. The van der Waals surface area contributed by atoms with Crippen molar-refractivity contribution in [2.24, 2.45) is 0 Å². The minimum Gasteiger partial charge on any atom is -0.387 e. The lowest BCUT2D eigenvalue weighted by molar-refractivity contribution is -0.130. The largest absolute Gasteiger partial charge is 0.387 e. The summed E-state index contributed by atoms with van der Waals surface area (Å²) in [6, 6.07) is 3.70. The molecule has 1 unspecified atom stereocenters. The molecule has 1 atom stereocenters. The van der Waals surface area contributed by atoms with Gasteiger partial charge in [0.1, 0.15) is 0 Å². The highest BCUT2D eigenvalue weighted by atomic mass is 32.1. The molecule has 0 fully saturated rings. The normalized spacial score (nSPS) is 12.5. The molecule has 0 spiro atoms. The second kappa shape index (κ2) is 4.39. The maximum atomic E-state index is 11.2. The van der Waals surface area contributed by atoms with E-state index in [0.29, 0.717) is 0 Å². The van der Waals surface area contributed by atoms with Gasteiger partial charge in [0.05, 0.1) is 12.5 Å². The molecule has 72 valence electrons. The minimum absolute atomic E-state index is 0.0547. The summed E-state index contributed by atoms with van der Waals surface area (Å²) in [5, 5.41) is 11.5. The maximum absolute atomic E-state index is 11.2. The number of amides is 1. The van der Waals surface area contributed by atoms with Crippen molar-refractivity contribution in [1.29, 1.82) is 0 Å². The van der Waals surface area contributed by atoms with Crippen LogP contribution in [0.2, 0.25) is 0 Å². The zero-order chi connectivity index (χ0) is 9.84. The predicted molar refractivity (Wildman–Crippen MR) is 52.6 cm³/mol. The van der Waals surface area contributed by atoms with E-state index in [-0.39, 0.29) is 12.3 Å². The Hall–Kier alpha value is -0.870. The van der Waals surface area contributed by atoms with Crippen LogP contribution in [0, 0.1) is 0 Å². The van der Waals surface area contributed by atoms with E-state index in [1.807, 2.05) is 17.5 Å². The summed E-state index contributed by atoms with van der Waals surface area (Å²) in [7, 11) is 3.37. The fourth-order valence-corrected chi connectivity index (χ4v) is 1.64. The molecule has 0 saturated carbocycles. The summed E-state index contributed by atoms with van der Waals surface area (Å²) in [6.07, 6.45) is -0.497. The van der Waals surface area contributed by atoms with Gasteiger partial charge in [0.15, 0.2) is 0 Å². The SMILES string of the molecule is CN(C)C(=O)CC(O)c1cccs1. The first-order valence-electron chi connectivity index (χ1n) is 4.03. The fourth-order valence-electron chi connectivity index (χ4n) is 0.929. The van der Waals surface area contributed by atoms with Crippen LogP contribution >= 0.6 is 11.3 Å². The molecule has 3 nitrogen and oxygen atoms in total. The van der Waals surface area contributed by atoms with Crippen molar-refractivity contribution in [1.82, 2.24) is 4.90 Å². The number of rotatable bonds is 3. The quantitative estimate of drug-likeness (QED) is 0.796. The molecule has 0 aliphatic rings. The number of nitrogens with zero attached hydrogens (tertiary/aromatic N) is 1. The predicted octanol–water partition coefficient (Wildman–Crippen LogP) is 1.26. The molecule has 4 heteroatoms. The van der Waals surface area contributed by atoms with Crippen LogP contribution in [0.5, 0.6) is 0 Å². The first kappa shape index (κ1) is 10.2. The van der Waals surface area contributed by atoms with Gasteiger partial charge in [-0.15, -0.1) is 11.3 Å². The Morgan fingerprint density at radius 2 is 2.38 bits per heavy atom. The van der Waals surface area contributed by atoms with Crippen molar-refractivity contribution in [2.75, 3.05) is 14.1 Å². The first-order valence-corrected chi connectivity index (χ1v) is 4.91. The van der Waals surface area contributed by atoms with Crippen LogP contribution in [0.3, 0.4) is 0 Å². The molecule has 0 saturated heterocycles. The lowest BCUT2D eigenvalue weighted by atomic mass is 10.2. The number of aliphatic hydroxyl groups excluding tert-OH is 1. The van der Waals surface area contributed by atoms with Crippen LogP contribution in [0.15, 0.2) is 17.5 Å². The van der Waals surface area contributed by atoms with Gasteiger partial charge in [-0.1, -0.05) is 6.07 Å². The van der Waals surface area contributed by atoms with E-state index in [1.165, 1.54) is 16.2 Å². The molecule has 0 radical (unpaired) electrons. The molecule has 0 aliphatic carbocycles. The highest BCUT2D eigenvalue weighted by molar-refractivity contribution is 7.10. The molecule has 0 bridgehead atoms. The van der Waals surface area contributed by atoms with Crippen LogP contribution < -0.4 is 0 Å². The molecule has 0 aliphatic heterocycles. The molecule has 1 aromatic rings. The van der Waals surface area contributed by atoms with Crippen molar-refractivity contribution < 1.29 is 9.90 Å². The Bertz CT molecular complexity index is 269. The monoisotopic (exact) mass is 199 g/mol. The summed E-state index contributed by atoms with van der Waals surface area (Å²) in [6.45, 7) is 0. The third-order valence-corrected chi connectivity index (χ3v) is 2.71. The Labute approximate surface area is 81.6 Å². The molecule has 1 rings (SSSR count). The van der Waals surface area contributed by atoms with Crippen LogP contribution in [0.1, 0.15) is 17.4 Å². The summed E-state index contributed by atoms with van der Waals surface area (Å²) < 4.78 is 0. The lowest BCUT2D eigenvalue weighted by Gasteiger charge is -2.12. The van der Waals surface area contributed by atoms with Crippen LogP contribution in [0.4, 0.5) is 0 Å². The van der Waals surface area contributed by atoms with E-state index in [9.17, 15) is 9.90 Å². The average Bonchev–Trinajstić information content (AvgIpc) is 2.55. The zero-order valence-corrected chi connectivity index (χ0v) is 8.54. The molecule has 13 heavy (non-hydrogen) atoms. The Morgan fingerprint density at radius 3 is 2.85 bits per heavy atom. The number of hydrogen-bond donors (Lipinski definition) is 1. The fraction of sp³-hybridized carbons (Fsp3) is 0.444. The number of aliphatic hydroxyl groups is 1. The van der Waals surface area contributed by atoms with Gasteiger partial charge in [-0.3, -0.25) is 4.79 Å². The van der Waals surface area contributed by atoms with E-state index in [0.717, 1.165) is 4.88 Å². The molecule has 0 aromatic carbocycles. The Balaban J connectivity index is 2.51. The first-order chi connectivity index (χ1) is 6.11. The van der Waals surface area contributed by atoms with Gasteiger partial charge in [0, 0.05) is 19.0 Å². The molecular weight excluding hydrogens is 186 g/mol. The van der Waals surface area contributed by atoms with E-state index in [1.54, 1.807) is 14.1 Å². The molecule has 1 heterocycles. The topological polar surface area (TPSA) is 40.5 Å². The second-order valence-electron chi connectivity index (χ2n) is 3.02. The highest BCUT2D eigenvalue weighted by Gasteiger charge is 2.14. The van der Waals surface area contributed by atoms with Gasteiger partial charge < -0.3 is 10.0 Å². The Kier molecular flexibility index (Phi) is 3.45. The van der Waals surface area contributed by atoms with Crippen molar-refractivity contribution >= 4 is 17.2 Å². The van der Waals surface area contributed by atoms with Crippen LogP contribution in [-0.2, 0) is 4.79 Å². The number of carbonyl (C=O) groups excluding carboxylic acids is 1. The standard InChI is InChI=1S/C9H13NO2S/c1-10(2)9(12)6-7(11)8-4-3-5-13-8/h3-5,7,11H,6H2,1-2H3. The van der Waals surface area contributed by atoms with Crippen molar-refractivity contribution in [3.8, 4) is 0 Å². The van der Waals surface area contributed by atoms with E-state index in [2.05, 4.69) is 0 Å². The smallest absolute Gasteiger partial charge is 0.225 e. The van der Waals surface area contributed by atoms with Gasteiger partial charge in [-0.2, -0.15) is 0 Å². The zero-order valence-electron chi connectivity index (χ0n) is 7.73. The number of carbonyl (C=O) groups is 1. The highest BCUT2D eigenvalue weighted by Crippen LogP contribution is 2.21. The molecule has 1 aromatic heterocycles. The van der Waals surface area contributed by atoms with Gasteiger partial charge >= 0.3 is 0 Å². The van der Waals surface area contributed by atoms with Gasteiger partial charge in [0.25, 0.3) is 0 Å². The van der Waals surface area contributed by atoms with Crippen LogP contribution in [0.25, 0.3) is 0 Å². The third kappa shape index (κ3) is 2.82. The number of hydrogen-bond acceptors (Lipinski definition) is 3. The van der Waals surface area contributed by atoms with E-state index < -0.39 is 6.10 Å². The van der Waals surface area contributed by atoms with Gasteiger partial charge in [0.2, 0.25) is 5.91 Å². The van der Waals surface area contributed by atoms with Crippen LogP contribution in [-0.4, -0.2) is 30.0 Å². The number of thiophene rings is 1. The Morgan fingerprint density at radius 1 is 1.69 bits per heavy atom. The third-order valence-electron chi connectivity index (χ3n) is 1.74. The second-order valence-corrected chi connectivity index (χ2v) is 4.00. The van der Waals surface area contributed by atoms with E-state index >= 15 is 0 Å². The summed E-state index contributed by atoms with van der Waals surface area (Å²) in [5.74, 6) is -0.0547. The molecular formula is C9H13NO2S. The van der Waals surface area contributed by atoms with Crippen molar-refractivity contribution in [3.63, 3.8) is 0 Å². The van der Waals surface area contributed by atoms with Crippen molar-refractivity contribution in [3.05, 3.63) is 22.4 Å². The van der Waals surface area contributed by atoms with E-state index in [4.69, 9.17) is 0 Å².